The second-order valence-electron chi connectivity index (χ2n) is 6.03. The first kappa shape index (κ1) is 18.2. The summed E-state index contributed by atoms with van der Waals surface area (Å²) >= 11 is 0. The van der Waals surface area contributed by atoms with Crippen LogP contribution in [0.25, 0.3) is 0 Å². The van der Waals surface area contributed by atoms with Crippen molar-refractivity contribution in [1.82, 2.24) is 5.32 Å². The van der Waals surface area contributed by atoms with Crippen molar-refractivity contribution in [2.24, 2.45) is 5.92 Å². The Morgan fingerprint density at radius 1 is 1.00 bits per heavy atom. The monoisotopic (exact) mass is 327 g/mol. The van der Waals surface area contributed by atoms with Crippen molar-refractivity contribution in [1.29, 1.82) is 0 Å². The molecule has 128 valence electrons. The zero-order valence-corrected chi connectivity index (χ0v) is 14.2. The molecule has 0 radical (unpaired) electrons. The molecular formula is C20H25NO3. The van der Waals surface area contributed by atoms with Crippen LogP contribution in [0.3, 0.4) is 0 Å². The van der Waals surface area contributed by atoms with E-state index >= 15 is 0 Å². The smallest absolute Gasteiger partial charge is 0.246 e. The first-order chi connectivity index (χ1) is 11.6. The summed E-state index contributed by atoms with van der Waals surface area (Å²) in [4.78, 5) is 12.1. The molecule has 24 heavy (non-hydrogen) atoms. The van der Waals surface area contributed by atoms with E-state index in [9.17, 15) is 4.79 Å². The second-order valence-corrected chi connectivity index (χ2v) is 6.03. The van der Waals surface area contributed by atoms with Gasteiger partial charge in [0.15, 0.2) is 0 Å². The third kappa shape index (κ3) is 5.18. The van der Waals surface area contributed by atoms with Gasteiger partial charge < -0.3 is 15.2 Å². The van der Waals surface area contributed by atoms with Gasteiger partial charge in [0.05, 0.1) is 0 Å². The van der Waals surface area contributed by atoms with Gasteiger partial charge in [-0.05, 0) is 24.0 Å². The molecule has 2 aromatic rings. The Morgan fingerprint density at radius 3 is 1.96 bits per heavy atom. The zero-order chi connectivity index (χ0) is 17.4. The Hall–Kier alpha value is -2.17. The average molecular weight is 327 g/mol. The molecular weight excluding hydrogens is 302 g/mol. The quantitative estimate of drug-likeness (QED) is 0.784. The van der Waals surface area contributed by atoms with Gasteiger partial charge in [-0.3, -0.25) is 4.79 Å². The number of aliphatic hydroxyl groups excluding tert-OH is 1. The average Bonchev–Trinajstić information content (AvgIpc) is 2.63. The van der Waals surface area contributed by atoms with Crippen molar-refractivity contribution in [3.05, 3.63) is 71.8 Å². The van der Waals surface area contributed by atoms with Crippen molar-refractivity contribution in [3.63, 3.8) is 0 Å². The van der Waals surface area contributed by atoms with Crippen LogP contribution in [0.5, 0.6) is 0 Å². The summed E-state index contributed by atoms with van der Waals surface area (Å²) in [6, 6.07) is 19.6. The van der Waals surface area contributed by atoms with Crippen LogP contribution < -0.4 is 5.32 Å². The summed E-state index contributed by atoms with van der Waals surface area (Å²) < 4.78 is 5.92. The van der Waals surface area contributed by atoms with Crippen molar-refractivity contribution >= 4 is 5.91 Å². The lowest BCUT2D eigenvalue weighted by atomic mass is 10.0. The predicted octanol–water partition coefficient (Wildman–Crippen LogP) is 2.93. The van der Waals surface area contributed by atoms with E-state index in [1.54, 1.807) is 0 Å². The molecule has 4 heteroatoms. The molecule has 0 heterocycles. The lowest BCUT2D eigenvalue weighted by Gasteiger charge is -2.22. The molecule has 2 unspecified atom stereocenters. The SMILES string of the molecule is CC(CO)C(C)NC(=O)COC(c1ccccc1)c1ccccc1. The minimum Gasteiger partial charge on any atom is -0.396 e. The number of hydrogen-bond donors (Lipinski definition) is 2. The molecule has 0 saturated heterocycles. The van der Waals surface area contributed by atoms with Crippen LogP contribution >= 0.6 is 0 Å². The zero-order valence-electron chi connectivity index (χ0n) is 14.2. The van der Waals surface area contributed by atoms with Crippen LogP contribution in [0.2, 0.25) is 0 Å². The lowest BCUT2D eigenvalue weighted by Crippen LogP contribution is -2.40. The molecule has 0 bridgehead atoms. The molecule has 2 rings (SSSR count). The molecule has 0 aromatic heterocycles. The molecule has 0 aliphatic carbocycles. The number of aliphatic hydroxyl groups is 1. The van der Waals surface area contributed by atoms with Gasteiger partial charge in [0.25, 0.3) is 0 Å². The number of amides is 1. The van der Waals surface area contributed by atoms with Crippen molar-refractivity contribution < 1.29 is 14.6 Å². The maximum Gasteiger partial charge on any atom is 0.246 e. The molecule has 1 amide bonds. The molecule has 0 aliphatic heterocycles. The number of hydrogen-bond acceptors (Lipinski definition) is 3. The molecule has 2 atom stereocenters. The van der Waals surface area contributed by atoms with Crippen molar-refractivity contribution in [2.45, 2.75) is 26.0 Å². The van der Waals surface area contributed by atoms with E-state index in [-0.39, 0.29) is 37.2 Å². The van der Waals surface area contributed by atoms with Gasteiger partial charge in [-0.15, -0.1) is 0 Å². The third-order valence-electron chi connectivity index (χ3n) is 4.12. The highest BCUT2D eigenvalue weighted by atomic mass is 16.5. The predicted molar refractivity (Wildman–Crippen MR) is 94.5 cm³/mol. The summed E-state index contributed by atoms with van der Waals surface area (Å²) in [5, 5.41) is 12.0. The van der Waals surface area contributed by atoms with E-state index in [0.717, 1.165) is 11.1 Å². The minimum atomic E-state index is -0.288. The van der Waals surface area contributed by atoms with E-state index in [0.29, 0.717) is 0 Å². The van der Waals surface area contributed by atoms with Crippen LogP contribution in [0.4, 0.5) is 0 Å². The number of benzene rings is 2. The number of rotatable bonds is 8. The van der Waals surface area contributed by atoms with E-state index in [1.165, 1.54) is 0 Å². The Bertz CT molecular complexity index is 576. The van der Waals surface area contributed by atoms with Gasteiger partial charge in [0.2, 0.25) is 5.91 Å². The molecule has 4 nitrogen and oxygen atoms in total. The number of ether oxygens (including phenoxy) is 1. The summed E-state index contributed by atoms with van der Waals surface area (Å²) in [6.45, 7) is 3.78. The minimum absolute atomic E-state index is 0.00740. The van der Waals surface area contributed by atoms with E-state index in [2.05, 4.69) is 5.32 Å². The summed E-state index contributed by atoms with van der Waals surface area (Å²) in [5.41, 5.74) is 2.02. The van der Waals surface area contributed by atoms with Gasteiger partial charge in [-0.2, -0.15) is 0 Å². The third-order valence-corrected chi connectivity index (χ3v) is 4.12. The van der Waals surface area contributed by atoms with Crippen LogP contribution in [-0.2, 0) is 9.53 Å². The first-order valence-electron chi connectivity index (χ1n) is 8.23. The molecule has 2 aromatic carbocycles. The fraction of sp³-hybridized carbons (Fsp3) is 0.350. The van der Waals surface area contributed by atoms with Crippen LogP contribution in [0, 0.1) is 5.92 Å². The number of carbonyl (C=O) groups is 1. The van der Waals surface area contributed by atoms with Crippen LogP contribution in [-0.4, -0.2) is 30.3 Å². The standard InChI is InChI=1S/C20H25NO3/c1-15(13-22)16(2)21-19(23)14-24-20(17-9-5-3-6-10-17)18-11-7-4-8-12-18/h3-12,15-16,20,22H,13-14H2,1-2H3,(H,21,23). The number of nitrogens with one attached hydrogen (secondary N) is 1. The summed E-state index contributed by atoms with van der Waals surface area (Å²) in [7, 11) is 0. The molecule has 0 fully saturated rings. The molecule has 2 N–H and O–H groups in total. The molecule has 0 saturated carbocycles. The summed E-state index contributed by atoms with van der Waals surface area (Å²) in [5.74, 6) is -0.173. The fourth-order valence-electron chi connectivity index (χ4n) is 2.40. The van der Waals surface area contributed by atoms with Crippen LogP contribution in [0.15, 0.2) is 60.7 Å². The number of carbonyl (C=O) groups excluding carboxylic acids is 1. The van der Waals surface area contributed by atoms with Gasteiger partial charge >= 0.3 is 0 Å². The summed E-state index contributed by atoms with van der Waals surface area (Å²) in [6.07, 6.45) is -0.288. The Morgan fingerprint density at radius 2 is 1.50 bits per heavy atom. The highest BCUT2D eigenvalue weighted by molar-refractivity contribution is 5.77. The van der Waals surface area contributed by atoms with Crippen LogP contribution in [0.1, 0.15) is 31.1 Å². The largest absolute Gasteiger partial charge is 0.396 e. The second kappa shape index (κ2) is 9.21. The Labute approximate surface area is 143 Å². The van der Waals surface area contributed by atoms with E-state index in [1.807, 2.05) is 74.5 Å². The van der Waals surface area contributed by atoms with Crippen molar-refractivity contribution in [3.8, 4) is 0 Å². The van der Waals surface area contributed by atoms with E-state index in [4.69, 9.17) is 9.84 Å². The van der Waals surface area contributed by atoms with Gasteiger partial charge in [-0.1, -0.05) is 67.6 Å². The van der Waals surface area contributed by atoms with Gasteiger partial charge in [0, 0.05) is 12.6 Å². The Balaban J connectivity index is 2.03. The molecule has 0 spiro atoms. The normalized spacial score (nSPS) is 13.5. The molecule has 0 aliphatic rings. The van der Waals surface area contributed by atoms with E-state index < -0.39 is 0 Å². The highest BCUT2D eigenvalue weighted by Gasteiger charge is 2.18. The Kier molecular flexibility index (Phi) is 6.97. The van der Waals surface area contributed by atoms with Gasteiger partial charge in [0.1, 0.15) is 12.7 Å². The maximum atomic E-state index is 12.1. The maximum absolute atomic E-state index is 12.1. The topological polar surface area (TPSA) is 58.6 Å². The van der Waals surface area contributed by atoms with Crippen molar-refractivity contribution in [2.75, 3.05) is 13.2 Å². The highest BCUT2D eigenvalue weighted by Crippen LogP contribution is 2.25. The fourth-order valence-corrected chi connectivity index (χ4v) is 2.40. The lowest BCUT2D eigenvalue weighted by molar-refractivity contribution is -0.128. The first-order valence-corrected chi connectivity index (χ1v) is 8.23. The van der Waals surface area contributed by atoms with Gasteiger partial charge in [-0.25, -0.2) is 0 Å².